The van der Waals surface area contributed by atoms with E-state index in [0.29, 0.717) is 5.56 Å². The van der Waals surface area contributed by atoms with E-state index in [1.807, 2.05) is 31.2 Å². The van der Waals surface area contributed by atoms with Gasteiger partial charge in [0.05, 0.1) is 5.56 Å². The van der Waals surface area contributed by atoms with Crippen molar-refractivity contribution in [3.05, 3.63) is 63.2 Å². The first kappa shape index (κ1) is 15.5. The van der Waals surface area contributed by atoms with E-state index in [4.69, 9.17) is 4.74 Å². The molecule has 0 aliphatic carbocycles. The Hall–Kier alpha value is -1.89. The molecule has 21 heavy (non-hydrogen) atoms. The Labute approximate surface area is 136 Å². The highest BCUT2D eigenvalue weighted by Gasteiger charge is 2.10. The summed E-state index contributed by atoms with van der Waals surface area (Å²) in [7, 11) is 0. The Morgan fingerprint density at radius 3 is 2.52 bits per heavy atom. The Kier molecular flexibility index (Phi) is 5.32. The van der Waals surface area contributed by atoms with Gasteiger partial charge in [-0.3, -0.25) is 4.79 Å². The molecule has 0 heterocycles. The second-order valence-electron chi connectivity index (χ2n) is 4.45. The molecule has 1 N–H and O–H groups in total. The van der Waals surface area contributed by atoms with Gasteiger partial charge in [0, 0.05) is 9.26 Å². The number of ether oxygens (including phenoxy) is 1. The number of hydrogen-bond acceptors (Lipinski definition) is 3. The molecule has 5 heteroatoms. The van der Waals surface area contributed by atoms with Crippen LogP contribution in [-0.4, -0.2) is 18.5 Å². The van der Waals surface area contributed by atoms with E-state index in [1.54, 1.807) is 24.3 Å². The number of amides is 1. The number of esters is 1. The Morgan fingerprint density at radius 2 is 1.86 bits per heavy atom. The highest BCUT2D eigenvalue weighted by Crippen LogP contribution is 2.17. The molecule has 0 saturated heterocycles. The van der Waals surface area contributed by atoms with Crippen LogP contribution < -0.4 is 5.32 Å². The van der Waals surface area contributed by atoms with Crippen LogP contribution in [0, 0.1) is 10.5 Å². The number of carbonyl (C=O) groups excluding carboxylic acids is 2. The Balaban J connectivity index is 1.89. The minimum absolute atomic E-state index is 0.306. The average molecular weight is 395 g/mol. The van der Waals surface area contributed by atoms with Gasteiger partial charge >= 0.3 is 5.97 Å². The van der Waals surface area contributed by atoms with Crippen molar-refractivity contribution in [1.82, 2.24) is 0 Å². The molecule has 0 saturated carbocycles. The van der Waals surface area contributed by atoms with E-state index in [0.717, 1.165) is 14.8 Å². The standard InChI is InChI=1S/C16H14INO3/c1-11-9-13(17)7-8-14(11)18-15(19)10-21-16(20)12-5-3-2-4-6-12/h2-9H,10H2,1H3,(H,18,19). The van der Waals surface area contributed by atoms with Gasteiger partial charge in [0.15, 0.2) is 6.61 Å². The van der Waals surface area contributed by atoms with Gasteiger partial charge in [-0.2, -0.15) is 0 Å². The average Bonchev–Trinajstić information content (AvgIpc) is 2.48. The smallest absolute Gasteiger partial charge is 0.338 e. The van der Waals surface area contributed by atoms with Gasteiger partial charge < -0.3 is 10.1 Å². The Morgan fingerprint density at radius 1 is 1.14 bits per heavy atom. The third kappa shape index (κ3) is 4.56. The maximum Gasteiger partial charge on any atom is 0.338 e. The summed E-state index contributed by atoms with van der Waals surface area (Å²) in [5.74, 6) is -0.867. The molecule has 0 spiro atoms. The highest BCUT2D eigenvalue weighted by molar-refractivity contribution is 14.1. The summed E-state index contributed by atoms with van der Waals surface area (Å²) in [6, 6.07) is 14.3. The normalized spacial score (nSPS) is 10.0. The summed E-state index contributed by atoms with van der Waals surface area (Å²) in [4.78, 5) is 23.5. The van der Waals surface area contributed by atoms with Gasteiger partial charge in [-0.25, -0.2) is 4.79 Å². The van der Waals surface area contributed by atoms with Crippen LogP contribution in [0.4, 0.5) is 5.69 Å². The fourth-order valence-corrected chi connectivity index (χ4v) is 2.39. The van der Waals surface area contributed by atoms with Crippen LogP contribution in [0.3, 0.4) is 0 Å². The molecule has 0 aliphatic heterocycles. The first-order valence-corrected chi connectivity index (χ1v) is 7.42. The van der Waals surface area contributed by atoms with Crippen LogP contribution >= 0.6 is 22.6 Å². The maximum atomic E-state index is 11.8. The van der Waals surface area contributed by atoms with Gasteiger partial charge in [-0.1, -0.05) is 18.2 Å². The van der Waals surface area contributed by atoms with Gasteiger partial charge in [-0.15, -0.1) is 0 Å². The molecule has 0 aromatic heterocycles. The molecule has 2 aromatic rings. The van der Waals surface area contributed by atoms with Crippen molar-refractivity contribution in [1.29, 1.82) is 0 Å². The molecule has 0 atom stereocenters. The van der Waals surface area contributed by atoms with Gasteiger partial charge in [0.1, 0.15) is 0 Å². The fourth-order valence-electron chi connectivity index (χ4n) is 1.74. The number of carbonyl (C=O) groups is 2. The van der Waals surface area contributed by atoms with Crippen molar-refractivity contribution in [3.63, 3.8) is 0 Å². The SMILES string of the molecule is Cc1cc(I)ccc1NC(=O)COC(=O)c1ccccc1. The second kappa shape index (κ2) is 7.21. The molecule has 2 aromatic carbocycles. The lowest BCUT2D eigenvalue weighted by Crippen LogP contribution is -2.21. The third-order valence-electron chi connectivity index (χ3n) is 2.81. The quantitative estimate of drug-likeness (QED) is 0.638. The maximum absolute atomic E-state index is 11.8. The molecule has 1 amide bonds. The zero-order chi connectivity index (χ0) is 15.2. The first-order chi connectivity index (χ1) is 10.1. The number of benzene rings is 2. The van der Waals surface area contributed by atoms with Crippen molar-refractivity contribution >= 4 is 40.2 Å². The predicted molar refractivity (Wildman–Crippen MR) is 89.3 cm³/mol. The topological polar surface area (TPSA) is 55.4 Å². The zero-order valence-electron chi connectivity index (χ0n) is 11.4. The zero-order valence-corrected chi connectivity index (χ0v) is 13.6. The minimum atomic E-state index is -0.509. The molecular formula is C16H14INO3. The summed E-state index contributed by atoms with van der Waals surface area (Å²) in [6.07, 6.45) is 0. The molecule has 0 aliphatic rings. The third-order valence-corrected chi connectivity index (χ3v) is 3.48. The second-order valence-corrected chi connectivity index (χ2v) is 5.70. The van der Waals surface area contributed by atoms with E-state index in [2.05, 4.69) is 27.9 Å². The monoisotopic (exact) mass is 395 g/mol. The Bertz CT molecular complexity index is 656. The van der Waals surface area contributed by atoms with E-state index in [9.17, 15) is 9.59 Å². The molecule has 4 nitrogen and oxygen atoms in total. The van der Waals surface area contributed by atoms with Crippen LogP contribution in [0.2, 0.25) is 0 Å². The van der Waals surface area contributed by atoms with Crippen molar-refractivity contribution in [3.8, 4) is 0 Å². The van der Waals surface area contributed by atoms with Crippen LogP contribution in [0.1, 0.15) is 15.9 Å². The number of hydrogen-bond donors (Lipinski definition) is 1. The first-order valence-electron chi connectivity index (χ1n) is 6.34. The molecule has 2 rings (SSSR count). The van der Waals surface area contributed by atoms with Crippen LogP contribution in [0.25, 0.3) is 0 Å². The van der Waals surface area contributed by atoms with Crippen LogP contribution in [0.5, 0.6) is 0 Å². The summed E-state index contributed by atoms with van der Waals surface area (Å²) < 4.78 is 6.07. The van der Waals surface area contributed by atoms with Gasteiger partial charge in [0.2, 0.25) is 0 Å². The number of nitrogens with one attached hydrogen (secondary N) is 1. The summed E-state index contributed by atoms with van der Waals surface area (Å²) in [5.41, 5.74) is 2.11. The molecule has 0 unspecified atom stereocenters. The molecule has 0 fully saturated rings. The molecular weight excluding hydrogens is 381 g/mol. The highest BCUT2D eigenvalue weighted by atomic mass is 127. The predicted octanol–water partition coefficient (Wildman–Crippen LogP) is 3.40. The fraction of sp³-hybridized carbons (Fsp3) is 0.125. The van der Waals surface area contributed by atoms with Gasteiger partial charge in [0.25, 0.3) is 5.91 Å². The minimum Gasteiger partial charge on any atom is -0.452 e. The number of halogens is 1. The van der Waals surface area contributed by atoms with Crippen molar-refractivity contribution in [2.24, 2.45) is 0 Å². The van der Waals surface area contributed by atoms with Crippen LogP contribution in [-0.2, 0) is 9.53 Å². The van der Waals surface area contributed by atoms with Crippen LogP contribution in [0.15, 0.2) is 48.5 Å². The number of rotatable bonds is 4. The number of aryl methyl sites for hydroxylation is 1. The van der Waals surface area contributed by atoms with E-state index in [1.165, 1.54) is 0 Å². The summed E-state index contributed by atoms with van der Waals surface area (Å²) in [6.45, 7) is 1.60. The lowest BCUT2D eigenvalue weighted by Gasteiger charge is -2.09. The lowest BCUT2D eigenvalue weighted by atomic mass is 10.2. The van der Waals surface area contributed by atoms with Gasteiger partial charge in [-0.05, 0) is 65.4 Å². The van der Waals surface area contributed by atoms with Crippen molar-refractivity contribution in [2.75, 3.05) is 11.9 Å². The van der Waals surface area contributed by atoms with E-state index < -0.39 is 5.97 Å². The lowest BCUT2D eigenvalue weighted by molar-refractivity contribution is -0.119. The van der Waals surface area contributed by atoms with Crippen molar-refractivity contribution < 1.29 is 14.3 Å². The summed E-state index contributed by atoms with van der Waals surface area (Å²) >= 11 is 2.21. The molecule has 0 bridgehead atoms. The number of anilines is 1. The molecule has 108 valence electrons. The van der Waals surface area contributed by atoms with Crippen molar-refractivity contribution in [2.45, 2.75) is 6.92 Å². The van der Waals surface area contributed by atoms with E-state index >= 15 is 0 Å². The molecule has 0 radical (unpaired) electrons. The summed E-state index contributed by atoms with van der Waals surface area (Å²) in [5, 5.41) is 2.72. The van der Waals surface area contributed by atoms with E-state index in [-0.39, 0.29) is 12.5 Å². The largest absolute Gasteiger partial charge is 0.452 e.